The molecule has 20 heavy (non-hydrogen) atoms. The van der Waals surface area contributed by atoms with Crippen molar-refractivity contribution in [3.05, 3.63) is 35.9 Å². The second-order valence-corrected chi connectivity index (χ2v) is 6.68. The summed E-state index contributed by atoms with van der Waals surface area (Å²) in [6.07, 6.45) is 1.17. The molecule has 1 atom stereocenters. The predicted molar refractivity (Wildman–Crippen MR) is 83.7 cm³/mol. The van der Waals surface area contributed by atoms with Crippen LogP contribution in [0.25, 0.3) is 0 Å². The smallest absolute Gasteiger partial charge is 0.0718 e. The van der Waals surface area contributed by atoms with Gasteiger partial charge in [0.2, 0.25) is 0 Å². The van der Waals surface area contributed by atoms with E-state index < -0.39 is 5.60 Å². The summed E-state index contributed by atoms with van der Waals surface area (Å²) in [5.74, 6) is 0. The van der Waals surface area contributed by atoms with E-state index in [0.29, 0.717) is 6.04 Å². The average Bonchev–Trinajstić information content (AvgIpc) is 2.54. The monoisotopic (exact) mass is 276 g/mol. The van der Waals surface area contributed by atoms with Crippen molar-refractivity contribution in [1.29, 1.82) is 0 Å². The molecule has 0 spiro atoms. The lowest BCUT2D eigenvalue weighted by Crippen LogP contribution is -2.40. The van der Waals surface area contributed by atoms with Crippen molar-refractivity contribution in [3.63, 3.8) is 0 Å². The minimum absolute atomic E-state index is 0.599. The van der Waals surface area contributed by atoms with Crippen molar-refractivity contribution in [1.82, 2.24) is 9.80 Å². The van der Waals surface area contributed by atoms with E-state index >= 15 is 0 Å². The molecule has 0 bridgehead atoms. The lowest BCUT2D eigenvalue weighted by atomic mass is 10.1. The highest BCUT2D eigenvalue weighted by Gasteiger charge is 2.24. The molecule has 1 saturated heterocycles. The number of hydrogen-bond donors (Lipinski definition) is 1. The Bertz CT molecular complexity index is 399. The molecule has 0 amide bonds. The molecule has 2 rings (SSSR count). The molecule has 1 aromatic carbocycles. The number of hydrogen-bond acceptors (Lipinski definition) is 3. The van der Waals surface area contributed by atoms with E-state index in [1.807, 2.05) is 13.8 Å². The summed E-state index contributed by atoms with van der Waals surface area (Å²) in [6.45, 7) is 11.1. The van der Waals surface area contributed by atoms with Crippen LogP contribution in [0.5, 0.6) is 0 Å². The normalized spacial score (nSPS) is 22.7. The molecule has 1 aliphatic rings. The van der Waals surface area contributed by atoms with Gasteiger partial charge in [-0.15, -0.1) is 0 Å². The fourth-order valence-corrected chi connectivity index (χ4v) is 2.91. The molecule has 3 nitrogen and oxygen atoms in total. The van der Waals surface area contributed by atoms with Crippen LogP contribution in [0.3, 0.4) is 0 Å². The Morgan fingerprint density at radius 2 is 1.85 bits per heavy atom. The Morgan fingerprint density at radius 1 is 1.15 bits per heavy atom. The SMILES string of the molecule is C[C@@H]1CCN(CC(C)(C)O)CCN1Cc1ccccc1. The van der Waals surface area contributed by atoms with Crippen molar-refractivity contribution in [2.75, 3.05) is 26.2 Å². The van der Waals surface area contributed by atoms with Crippen LogP contribution in [0.2, 0.25) is 0 Å². The molecule has 1 heterocycles. The van der Waals surface area contributed by atoms with Crippen LogP contribution in [0.1, 0.15) is 32.8 Å². The lowest BCUT2D eigenvalue weighted by molar-refractivity contribution is 0.0374. The Morgan fingerprint density at radius 3 is 2.50 bits per heavy atom. The molecule has 0 unspecified atom stereocenters. The number of rotatable bonds is 4. The first-order valence-electron chi connectivity index (χ1n) is 7.67. The molecule has 1 fully saturated rings. The minimum Gasteiger partial charge on any atom is -0.389 e. The van der Waals surface area contributed by atoms with Gasteiger partial charge in [0.15, 0.2) is 0 Å². The Balaban J connectivity index is 1.92. The fraction of sp³-hybridized carbons (Fsp3) is 0.647. The second kappa shape index (κ2) is 6.70. The van der Waals surface area contributed by atoms with Gasteiger partial charge in [0.05, 0.1) is 5.60 Å². The first-order chi connectivity index (χ1) is 9.44. The van der Waals surface area contributed by atoms with Crippen molar-refractivity contribution in [3.8, 4) is 0 Å². The summed E-state index contributed by atoms with van der Waals surface area (Å²) in [5.41, 5.74) is 0.785. The number of nitrogens with zero attached hydrogens (tertiary/aromatic N) is 2. The van der Waals surface area contributed by atoms with Crippen LogP contribution in [-0.2, 0) is 6.54 Å². The third-order valence-corrected chi connectivity index (χ3v) is 4.03. The zero-order chi connectivity index (χ0) is 14.6. The van der Waals surface area contributed by atoms with Crippen molar-refractivity contribution < 1.29 is 5.11 Å². The molecule has 0 radical (unpaired) electrons. The molecule has 0 aromatic heterocycles. The summed E-state index contributed by atoms with van der Waals surface area (Å²) in [4.78, 5) is 4.95. The van der Waals surface area contributed by atoms with Gasteiger partial charge < -0.3 is 5.11 Å². The number of aliphatic hydroxyl groups is 1. The van der Waals surface area contributed by atoms with E-state index in [1.165, 1.54) is 12.0 Å². The largest absolute Gasteiger partial charge is 0.389 e. The van der Waals surface area contributed by atoms with Gasteiger partial charge in [-0.1, -0.05) is 30.3 Å². The molecule has 1 aliphatic heterocycles. The first kappa shape index (κ1) is 15.5. The lowest BCUT2D eigenvalue weighted by Gasteiger charge is -2.28. The molecular weight excluding hydrogens is 248 g/mol. The molecule has 0 saturated carbocycles. The van der Waals surface area contributed by atoms with Gasteiger partial charge in [0, 0.05) is 32.2 Å². The third-order valence-electron chi connectivity index (χ3n) is 4.03. The van der Waals surface area contributed by atoms with Crippen LogP contribution in [-0.4, -0.2) is 52.7 Å². The maximum absolute atomic E-state index is 9.97. The Kier molecular flexibility index (Phi) is 5.19. The molecule has 0 aliphatic carbocycles. The van der Waals surface area contributed by atoms with Gasteiger partial charge in [-0.05, 0) is 39.3 Å². The minimum atomic E-state index is -0.599. The van der Waals surface area contributed by atoms with Crippen LogP contribution < -0.4 is 0 Å². The Hall–Kier alpha value is -0.900. The highest BCUT2D eigenvalue weighted by atomic mass is 16.3. The van der Waals surface area contributed by atoms with Gasteiger partial charge in [0.25, 0.3) is 0 Å². The zero-order valence-corrected chi connectivity index (χ0v) is 13.0. The van der Waals surface area contributed by atoms with Crippen LogP contribution >= 0.6 is 0 Å². The average molecular weight is 276 g/mol. The van der Waals surface area contributed by atoms with Gasteiger partial charge in [-0.2, -0.15) is 0 Å². The van der Waals surface area contributed by atoms with Crippen molar-refractivity contribution >= 4 is 0 Å². The van der Waals surface area contributed by atoms with Crippen molar-refractivity contribution in [2.45, 2.75) is 45.4 Å². The molecule has 1 aromatic rings. The standard InChI is InChI=1S/C17H28N2O/c1-15-9-10-18(14-17(2,3)20)11-12-19(15)13-16-7-5-4-6-8-16/h4-8,15,20H,9-14H2,1-3H3/t15-/m1/s1. The highest BCUT2D eigenvalue weighted by Crippen LogP contribution is 2.16. The summed E-state index contributed by atoms with van der Waals surface area (Å²) in [6, 6.07) is 11.3. The first-order valence-corrected chi connectivity index (χ1v) is 7.67. The molecule has 1 N–H and O–H groups in total. The van der Waals surface area contributed by atoms with Gasteiger partial charge in [0.1, 0.15) is 0 Å². The van der Waals surface area contributed by atoms with E-state index in [9.17, 15) is 5.11 Å². The molecule has 3 heteroatoms. The zero-order valence-electron chi connectivity index (χ0n) is 13.0. The van der Waals surface area contributed by atoms with E-state index in [-0.39, 0.29) is 0 Å². The highest BCUT2D eigenvalue weighted by molar-refractivity contribution is 5.14. The predicted octanol–water partition coefficient (Wildman–Crippen LogP) is 2.35. The maximum Gasteiger partial charge on any atom is 0.0718 e. The van der Waals surface area contributed by atoms with Crippen molar-refractivity contribution in [2.24, 2.45) is 0 Å². The maximum atomic E-state index is 9.97. The Labute approximate surface area is 123 Å². The summed E-state index contributed by atoms with van der Waals surface area (Å²) < 4.78 is 0. The van der Waals surface area contributed by atoms with Gasteiger partial charge >= 0.3 is 0 Å². The number of β-amino-alcohol motifs (C(OH)–C–C–N with tert-alkyl or cyclic N) is 1. The van der Waals surface area contributed by atoms with Crippen LogP contribution in [0, 0.1) is 0 Å². The van der Waals surface area contributed by atoms with Crippen LogP contribution in [0.4, 0.5) is 0 Å². The quantitative estimate of drug-likeness (QED) is 0.914. The van der Waals surface area contributed by atoms with E-state index in [2.05, 4.69) is 47.1 Å². The fourth-order valence-electron chi connectivity index (χ4n) is 2.91. The molecular formula is C17H28N2O. The summed E-state index contributed by atoms with van der Waals surface area (Å²) >= 11 is 0. The van der Waals surface area contributed by atoms with Crippen LogP contribution in [0.15, 0.2) is 30.3 Å². The topological polar surface area (TPSA) is 26.7 Å². The number of benzene rings is 1. The summed E-state index contributed by atoms with van der Waals surface area (Å²) in [5, 5.41) is 9.97. The van der Waals surface area contributed by atoms with Gasteiger partial charge in [-0.3, -0.25) is 9.80 Å². The summed E-state index contributed by atoms with van der Waals surface area (Å²) in [7, 11) is 0. The second-order valence-electron chi connectivity index (χ2n) is 6.68. The van der Waals surface area contributed by atoms with E-state index in [1.54, 1.807) is 0 Å². The third kappa shape index (κ3) is 4.89. The van der Waals surface area contributed by atoms with Gasteiger partial charge in [-0.25, -0.2) is 0 Å². The molecule has 112 valence electrons. The van der Waals surface area contributed by atoms with E-state index in [4.69, 9.17) is 0 Å². The van der Waals surface area contributed by atoms with E-state index in [0.717, 1.165) is 32.7 Å².